The molecule has 0 aromatic carbocycles. The van der Waals surface area contributed by atoms with Gasteiger partial charge in [0.25, 0.3) is 0 Å². The van der Waals surface area contributed by atoms with Crippen LogP contribution in [0.15, 0.2) is 24.8 Å². The van der Waals surface area contributed by atoms with E-state index in [0.717, 1.165) is 32.1 Å². The van der Waals surface area contributed by atoms with Gasteiger partial charge in [-0.1, -0.05) is 26.0 Å². The molecule has 1 aliphatic heterocycles. The molecule has 2 amide bonds. The summed E-state index contributed by atoms with van der Waals surface area (Å²) in [6, 6.07) is 0.319. The van der Waals surface area contributed by atoms with Gasteiger partial charge in [0.2, 0.25) is 11.8 Å². The van der Waals surface area contributed by atoms with Gasteiger partial charge < -0.3 is 10.2 Å². The molecule has 0 spiro atoms. The predicted molar refractivity (Wildman–Crippen MR) is 116 cm³/mol. The Morgan fingerprint density at radius 1 is 1.21 bits per heavy atom. The van der Waals surface area contributed by atoms with Gasteiger partial charge in [-0.15, -0.1) is 6.58 Å². The molecule has 4 rings (SSSR count). The molecule has 1 heterocycles. The van der Waals surface area contributed by atoms with E-state index >= 15 is 0 Å². The molecular formula is C25H38N2O2. The summed E-state index contributed by atoms with van der Waals surface area (Å²) in [6.45, 7) is 12.7. The van der Waals surface area contributed by atoms with Crippen LogP contribution in [0.25, 0.3) is 0 Å². The van der Waals surface area contributed by atoms with Crippen LogP contribution in [0.5, 0.6) is 0 Å². The third-order valence-electron chi connectivity index (χ3n) is 9.40. The number of amides is 2. The molecule has 160 valence electrons. The van der Waals surface area contributed by atoms with Crippen molar-refractivity contribution in [2.75, 3.05) is 7.05 Å². The lowest BCUT2D eigenvalue weighted by molar-refractivity contribution is -0.142. The van der Waals surface area contributed by atoms with Crippen molar-refractivity contribution in [3.63, 3.8) is 0 Å². The molecule has 7 atom stereocenters. The first kappa shape index (κ1) is 20.7. The maximum atomic E-state index is 13.2. The minimum absolute atomic E-state index is 0.0675. The first-order valence-electron chi connectivity index (χ1n) is 11.4. The molecule has 0 radical (unpaired) electrons. The smallest absolute Gasteiger partial charge is 0.246 e. The lowest BCUT2D eigenvalue weighted by Gasteiger charge is -2.60. The average Bonchev–Trinajstić information content (AvgIpc) is 3.02. The van der Waals surface area contributed by atoms with Gasteiger partial charge in [-0.3, -0.25) is 9.59 Å². The second-order valence-corrected chi connectivity index (χ2v) is 11.2. The Bertz CT molecular complexity index is 756. The molecule has 4 aliphatic rings. The highest BCUT2D eigenvalue weighted by Gasteiger charge is 2.61. The van der Waals surface area contributed by atoms with Gasteiger partial charge in [0.1, 0.15) is 0 Å². The first-order valence-corrected chi connectivity index (χ1v) is 11.4. The number of hydrogen-bond acceptors (Lipinski definition) is 2. The largest absolute Gasteiger partial charge is 0.348 e. The van der Waals surface area contributed by atoms with E-state index in [4.69, 9.17) is 0 Å². The first-order chi connectivity index (χ1) is 13.5. The van der Waals surface area contributed by atoms with Crippen LogP contribution in [0, 0.1) is 34.5 Å². The number of hydrogen-bond donors (Lipinski definition) is 1. The second-order valence-electron chi connectivity index (χ2n) is 11.2. The van der Waals surface area contributed by atoms with E-state index in [-0.39, 0.29) is 34.1 Å². The molecule has 0 aromatic rings. The number of nitrogens with zero attached hydrogens (tertiary/aromatic N) is 1. The summed E-state index contributed by atoms with van der Waals surface area (Å²) in [5.74, 6) is 2.33. The molecule has 3 saturated carbocycles. The summed E-state index contributed by atoms with van der Waals surface area (Å²) in [4.78, 5) is 27.4. The Hall–Kier alpha value is -1.58. The zero-order chi connectivity index (χ0) is 21.2. The number of carbonyl (C=O) groups excluding carboxylic acids is 2. The lowest BCUT2D eigenvalue weighted by atomic mass is 9.47. The zero-order valence-corrected chi connectivity index (χ0v) is 18.8. The molecule has 2 unspecified atom stereocenters. The summed E-state index contributed by atoms with van der Waals surface area (Å²) in [7, 11) is 1.97. The molecule has 4 heteroatoms. The SMILES string of the molecule is C=CC(C)(C)NC(=O)C1CC[C@H]2[C@@H]3CCC4N(C)C(=O)C=C[C@]4(C)[C@@H]3CC[C@]12C. The van der Waals surface area contributed by atoms with Gasteiger partial charge in [0.05, 0.1) is 5.54 Å². The quantitative estimate of drug-likeness (QED) is 0.720. The summed E-state index contributed by atoms with van der Waals surface area (Å²) in [5.41, 5.74) is -0.206. The topological polar surface area (TPSA) is 49.4 Å². The Labute approximate surface area is 176 Å². The van der Waals surface area contributed by atoms with Crippen molar-refractivity contribution in [1.82, 2.24) is 10.2 Å². The monoisotopic (exact) mass is 398 g/mol. The van der Waals surface area contributed by atoms with E-state index in [2.05, 4.69) is 31.8 Å². The second kappa shape index (κ2) is 6.72. The number of nitrogens with one attached hydrogen (secondary N) is 1. The van der Waals surface area contributed by atoms with Gasteiger partial charge in [0.15, 0.2) is 0 Å². The molecule has 0 bridgehead atoms. The van der Waals surface area contributed by atoms with E-state index in [1.54, 1.807) is 6.08 Å². The molecule has 29 heavy (non-hydrogen) atoms. The van der Waals surface area contributed by atoms with E-state index < -0.39 is 0 Å². The van der Waals surface area contributed by atoms with Gasteiger partial charge in [-0.25, -0.2) is 0 Å². The van der Waals surface area contributed by atoms with Crippen molar-refractivity contribution in [2.24, 2.45) is 34.5 Å². The van der Waals surface area contributed by atoms with Crippen LogP contribution >= 0.6 is 0 Å². The van der Waals surface area contributed by atoms with Crippen LogP contribution in [-0.2, 0) is 9.59 Å². The number of carbonyl (C=O) groups is 2. The molecule has 3 aliphatic carbocycles. The Balaban J connectivity index is 1.58. The highest BCUT2D eigenvalue weighted by Crippen LogP contribution is 2.65. The molecule has 3 fully saturated rings. The Morgan fingerprint density at radius 2 is 1.93 bits per heavy atom. The third kappa shape index (κ3) is 3.00. The average molecular weight is 399 g/mol. The van der Waals surface area contributed by atoms with E-state index in [1.807, 2.05) is 31.9 Å². The minimum Gasteiger partial charge on any atom is -0.348 e. The van der Waals surface area contributed by atoms with Gasteiger partial charge in [-0.2, -0.15) is 0 Å². The van der Waals surface area contributed by atoms with Crippen molar-refractivity contribution >= 4 is 11.8 Å². The fourth-order valence-electron chi connectivity index (χ4n) is 7.62. The van der Waals surface area contributed by atoms with E-state index in [9.17, 15) is 9.59 Å². The van der Waals surface area contributed by atoms with Crippen molar-refractivity contribution in [2.45, 2.75) is 77.8 Å². The van der Waals surface area contributed by atoms with Crippen LogP contribution in [0.1, 0.15) is 66.2 Å². The molecule has 0 aromatic heterocycles. The molecule has 4 nitrogen and oxygen atoms in total. The molecular weight excluding hydrogens is 360 g/mol. The summed E-state index contributed by atoms with van der Waals surface area (Å²) in [5, 5.41) is 3.23. The molecule has 0 saturated heterocycles. The highest BCUT2D eigenvalue weighted by molar-refractivity contribution is 5.89. The fraction of sp³-hybridized carbons (Fsp3) is 0.760. The maximum Gasteiger partial charge on any atom is 0.246 e. The number of likely N-dealkylation sites (N-methyl/N-ethyl adjacent to an activating group) is 1. The van der Waals surface area contributed by atoms with Gasteiger partial charge in [-0.05, 0) is 81.6 Å². The van der Waals surface area contributed by atoms with Crippen molar-refractivity contribution in [1.29, 1.82) is 0 Å². The normalized spacial score (nSPS) is 44.0. The van der Waals surface area contributed by atoms with Crippen molar-refractivity contribution in [3.05, 3.63) is 24.8 Å². The highest BCUT2D eigenvalue weighted by atomic mass is 16.2. The number of fused-ring (bicyclic) bond motifs is 5. The Morgan fingerprint density at radius 3 is 2.62 bits per heavy atom. The minimum atomic E-state index is -0.363. The summed E-state index contributed by atoms with van der Waals surface area (Å²) < 4.78 is 0. The van der Waals surface area contributed by atoms with Crippen molar-refractivity contribution < 1.29 is 9.59 Å². The van der Waals surface area contributed by atoms with Gasteiger partial charge in [0, 0.05) is 24.4 Å². The predicted octanol–water partition coefficient (Wildman–Crippen LogP) is 4.32. The van der Waals surface area contributed by atoms with Crippen LogP contribution < -0.4 is 5.32 Å². The Kier molecular flexibility index (Phi) is 4.79. The van der Waals surface area contributed by atoms with E-state index in [0.29, 0.717) is 23.8 Å². The van der Waals surface area contributed by atoms with Gasteiger partial charge >= 0.3 is 0 Å². The van der Waals surface area contributed by atoms with E-state index in [1.165, 1.54) is 6.42 Å². The van der Waals surface area contributed by atoms with Crippen LogP contribution in [0.4, 0.5) is 0 Å². The van der Waals surface area contributed by atoms with Crippen LogP contribution in [0.3, 0.4) is 0 Å². The fourth-order valence-corrected chi connectivity index (χ4v) is 7.62. The third-order valence-corrected chi connectivity index (χ3v) is 9.40. The summed E-state index contributed by atoms with van der Waals surface area (Å²) in [6.07, 6.45) is 12.5. The van der Waals surface area contributed by atoms with Crippen LogP contribution in [0.2, 0.25) is 0 Å². The number of rotatable bonds is 3. The van der Waals surface area contributed by atoms with Crippen LogP contribution in [-0.4, -0.2) is 35.3 Å². The summed E-state index contributed by atoms with van der Waals surface area (Å²) >= 11 is 0. The standard InChI is InChI=1S/C25H38N2O2/c1-7-23(2,3)26-22(29)19-10-9-17-16-8-11-20-25(5,15-13-21(28)27(20)6)18(16)12-14-24(17,19)4/h7,13,15-20H,1,8-12,14H2,2-6H3,(H,26,29)/t16-,17-,18+,19?,20?,24-,25+/m0/s1. The van der Waals surface area contributed by atoms with Crippen molar-refractivity contribution in [3.8, 4) is 0 Å². The lowest BCUT2D eigenvalue weighted by Crippen LogP contribution is -2.60. The molecule has 1 N–H and O–H groups in total. The zero-order valence-electron chi connectivity index (χ0n) is 18.8. The maximum absolute atomic E-state index is 13.2.